The van der Waals surface area contributed by atoms with Gasteiger partial charge in [0.25, 0.3) is 0 Å². The van der Waals surface area contributed by atoms with Crippen LogP contribution in [0.25, 0.3) is 0 Å². The molecule has 8 N–H and O–H groups in total. The van der Waals surface area contributed by atoms with Gasteiger partial charge in [0, 0.05) is 11.4 Å². The summed E-state index contributed by atoms with van der Waals surface area (Å²) >= 11 is 5.93. The molecule has 0 bridgehead atoms. The van der Waals surface area contributed by atoms with Crippen molar-refractivity contribution in [3.8, 4) is 5.75 Å². The summed E-state index contributed by atoms with van der Waals surface area (Å²) < 4.78 is 0. The lowest BCUT2D eigenvalue weighted by atomic mass is 10.0. The van der Waals surface area contributed by atoms with Gasteiger partial charge in [-0.2, -0.15) is 0 Å². The molecule has 3 atom stereocenters. The molecule has 2 aromatic carbocycles. The number of carboxylic acids is 1. The molecule has 4 amide bonds. The summed E-state index contributed by atoms with van der Waals surface area (Å²) in [6, 6.07) is 9.58. The minimum absolute atomic E-state index is 0.00114. The number of nitrogens with two attached hydrogens (primary N) is 1. The number of hydrogen-bond acceptors (Lipinski definition) is 7. The number of rotatable bonds is 15. The molecule has 2 aromatic rings. The molecule has 0 heterocycles. The number of aromatic hydroxyl groups is 1. The summed E-state index contributed by atoms with van der Waals surface area (Å²) in [5.74, 6) is -3.74. The summed E-state index contributed by atoms with van der Waals surface area (Å²) in [4.78, 5) is 61.7. The second-order valence-corrected chi connectivity index (χ2v) is 10.4. The zero-order valence-corrected chi connectivity index (χ0v) is 23.6. The number of nitrogens with one attached hydrogen (secondary N) is 4. The number of aliphatic carboxylic acids is 1. The number of hydrogen-bond donors (Lipinski definition) is 7. The summed E-state index contributed by atoms with van der Waals surface area (Å²) in [6.07, 6.45) is 0.432. The summed E-state index contributed by atoms with van der Waals surface area (Å²) in [5.41, 5.74) is 7.27. The number of phenolic OH excluding ortho intramolecular Hbond substituents is 1. The number of carbonyl (C=O) groups is 5. The zero-order valence-electron chi connectivity index (χ0n) is 22.9. The van der Waals surface area contributed by atoms with Crippen LogP contribution < -0.4 is 27.0 Å². The van der Waals surface area contributed by atoms with Crippen molar-refractivity contribution in [1.29, 1.82) is 0 Å². The normalized spacial score (nSPS) is 13.0. The maximum absolute atomic E-state index is 13.0. The molecular formula is C28H36ClN5O7. The maximum atomic E-state index is 13.0. The van der Waals surface area contributed by atoms with Gasteiger partial charge in [0.1, 0.15) is 17.8 Å². The van der Waals surface area contributed by atoms with Gasteiger partial charge in [-0.15, -0.1) is 0 Å². The molecule has 12 nitrogen and oxygen atoms in total. The van der Waals surface area contributed by atoms with Gasteiger partial charge >= 0.3 is 5.97 Å². The Morgan fingerprint density at radius 3 is 1.93 bits per heavy atom. The zero-order chi connectivity index (χ0) is 30.5. The number of carboxylic acid groups (broad SMARTS) is 1. The number of halogens is 1. The van der Waals surface area contributed by atoms with Crippen LogP contribution in [0.2, 0.25) is 5.02 Å². The highest BCUT2D eigenvalue weighted by atomic mass is 35.5. The fraction of sp³-hybridized carbons (Fsp3) is 0.393. The highest BCUT2D eigenvalue weighted by molar-refractivity contribution is 6.30. The Labute approximate surface area is 243 Å². The Balaban J connectivity index is 1.91. The van der Waals surface area contributed by atoms with E-state index in [-0.39, 0.29) is 30.9 Å². The Bertz CT molecular complexity index is 1210. The van der Waals surface area contributed by atoms with E-state index in [9.17, 15) is 34.2 Å². The SMILES string of the molecule is CC(C)C[C@H](NC(=O)[C@H](Cc1ccc(Cl)cc1)NC(=O)CNC(=O)CNC(=O)[C@@H](N)Cc1ccc(O)cc1)C(=O)O. The van der Waals surface area contributed by atoms with E-state index >= 15 is 0 Å². The van der Waals surface area contributed by atoms with Crippen molar-refractivity contribution in [2.45, 2.75) is 51.2 Å². The minimum Gasteiger partial charge on any atom is -0.508 e. The first-order valence-electron chi connectivity index (χ1n) is 13.0. The predicted molar refractivity (Wildman–Crippen MR) is 152 cm³/mol. The van der Waals surface area contributed by atoms with Crippen LogP contribution in [0.15, 0.2) is 48.5 Å². The van der Waals surface area contributed by atoms with Crippen LogP contribution in [0.1, 0.15) is 31.4 Å². The molecule has 0 fully saturated rings. The number of phenols is 1. The quantitative estimate of drug-likeness (QED) is 0.155. The van der Waals surface area contributed by atoms with Crippen molar-refractivity contribution in [2.24, 2.45) is 11.7 Å². The molecule has 0 spiro atoms. The van der Waals surface area contributed by atoms with E-state index < -0.39 is 60.8 Å². The Morgan fingerprint density at radius 1 is 0.780 bits per heavy atom. The summed E-state index contributed by atoms with van der Waals surface area (Å²) in [5, 5.41) is 29.1. The lowest BCUT2D eigenvalue weighted by Crippen LogP contribution is -2.54. The molecule has 0 aromatic heterocycles. The first-order chi connectivity index (χ1) is 19.3. The average Bonchev–Trinajstić information content (AvgIpc) is 2.91. The van der Waals surface area contributed by atoms with Gasteiger partial charge in [-0.3, -0.25) is 19.2 Å². The van der Waals surface area contributed by atoms with Crippen molar-refractivity contribution in [3.63, 3.8) is 0 Å². The molecule has 0 saturated carbocycles. The van der Waals surface area contributed by atoms with Crippen LogP contribution in [0.5, 0.6) is 5.75 Å². The van der Waals surface area contributed by atoms with Crippen LogP contribution in [0.3, 0.4) is 0 Å². The molecule has 2 rings (SSSR count). The van der Waals surface area contributed by atoms with E-state index in [4.69, 9.17) is 17.3 Å². The highest BCUT2D eigenvalue weighted by Crippen LogP contribution is 2.13. The third-order valence-corrected chi connectivity index (χ3v) is 6.18. The molecule has 0 radical (unpaired) electrons. The Morgan fingerprint density at radius 2 is 1.34 bits per heavy atom. The van der Waals surface area contributed by atoms with Crippen LogP contribution in [-0.2, 0) is 36.8 Å². The van der Waals surface area contributed by atoms with Crippen molar-refractivity contribution in [3.05, 3.63) is 64.7 Å². The van der Waals surface area contributed by atoms with E-state index in [1.807, 2.05) is 13.8 Å². The third-order valence-electron chi connectivity index (χ3n) is 5.92. The van der Waals surface area contributed by atoms with Gasteiger partial charge in [-0.25, -0.2) is 4.79 Å². The molecule has 0 aliphatic rings. The minimum atomic E-state index is -1.19. The molecule has 222 valence electrons. The Hall–Kier alpha value is -4.16. The summed E-state index contributed by atoms with van der Waals surface area (Å²) in [7, 11) is 0. The number of benzene rings is 2. The molecule has 41 heavy (non-hydrogen) atoms. The Kier molecular flexibility index (Phi) is 13.0. The van der Waals surface area contributed by atoms with Gasteiger partial charge in [0.15, 0.2) is 0 Å². The van der Waals surface area contributed by atoms with E-state index in [0.717, 1.165) is 5.56 Å². The fourth-order valence-electron chi connectivity index (χ4n) is 3.79. The molecule has 0 aliphatic carbocycles. The fourth-order valence-corrected chi connectivity index (χ4v) is 3.92. The second kappa shape index (κ2) is 16.2. The van der Waals surface area contributed by atoms with Crippen molar-refractivity contribution >= 4 is 41.2 Å². The molecule has 13 heteroatoms. The number of carbonyl (C=O) groups excluding carboxylic acids is 4. The lowest BCUT2D eigenvalue weighted by Gasteiger charge is -2.22. The first-order valence-corrected chi connectivity index (χ1v) is 13.4. The molecule has 0 aliphatic heterocycles. The van der Waals surface area contributed by atoms with E-state index in [0.29, 0.717) is 10.6 Å². The van der Waals surface area contributed by atoms with Gasteiger partial charge < -0.3 is 37.2 Å². The van der Waals surface area contributed by atoms with Gasteiger partial charge in [0.2, 0.25) is 23.6 Å². The van der Waals surface area contributed by atoms with Crippen molar-refractivity contribution in [1.82, 2.24) is 21.3 Å². The van der Waals surface area contributed by atoms with Crippen LogP contribution >= 0.6 is 11.6 Å². The predicted octanol–water partition coefficient (Wildman–Crippen LogP) is 0.491. The molecule has 0 unspecified atom stereocenters. The third kappa shape index (κ3) is 12.3. The highest BCUT2D eigenvalue weighted by Gasteiger charge is 2.27. The average molecular weight is 590 g/mol. The lowest BCUT2D eigenvalue weighted by molar-refractivity contribution is -0.142. The van der Waals surface area contributed by atoms with Crippen LogP contribution in [-0.4, -0.2) is 71.0 Å². The topological polar surface area (TPSA) is 200 Å². The molecule has 0 saturated heterocycles. The van der Waals surface area contributed by atoms with Gasteiger partial charge in [-0.1, -0.05) is 49.7 Å². The largest absolute Gasteiger partial charge is 0.508 e. The number of amides is 4. The van der Waals surface area contributed by atoms with Crippen molar-refractivity contribution < 1.29 is 34.2 Å². The standard InChI is InChI=1S/C28H36ClN5O7/c1-16(2)11-23(28(40)41)34-27(39)22(13-18-3-7-19(29)8-4-18)33-25(37)15-31-24(36)14-32-26(38)21(30)12-17-5-9-20(35)10-6-17/h3-10,16,21-23,35H,11-15,30H2,1-2H3,(H,31,36)(H,32,38)(H,33,37)(H,34,39)(H,40,41)/t21-,22-,23-/m0/s1. The maximum Gasteiger partial charge on any atom is 0.326 e. The van der Waals surface area contributed by atoms with Crippen molar-refractivity contribution in [2.75, 3.05) is 13.1 Å². The molecular weight excluding hydrogens is 554 g/mol. The van der Waals surface area contributed by atoms with Gasteiger partial charge in [0.05, 0.1) is 19.1 Å². The van der Waals surface area contributed by atoms with E-state index in [2.05, 4.69) is 21.3 Å². The second-order valence-electron chi connectivity index (χ2n) is 9.95. The van der Waals surface area contributed by atoms with Crippen LogP contribution in [0.4, 0.5) is 0 Å². The first kappa shape index (κ1) is 33.0. The van der Waals surface area contributed by atoms with Gasteiger partial charge in [-0.05, 0) is 54.2 Å². The smallest absolute Gasteiger partial charge is 0.326 e. The van der Waals surface area contributed by atoms with Crippen LogP contribution in [0, 0.1) is 5.92 Å². The van der Waals surface area contributed by atoms with E-state index in [1.54, 1.807) is 36.4 Å². The summed E-state index contributed by atoms with van der Waals surface area (Å²) in [6.45, 7) is 2.72. The van der Waals surface area contributed by atoms with E-state index in [1.165, 1.54) is 12.1 Å². The monoisotopic (exact) mass is 589 g/mol.